The van der Waals surface area contributed by atoms with E-state index in [2.05, 4.69) is 10.3 Å². The number of carbonyl (C=O) groups is 2. The van der Waals surface area contributed by atoms with Crippen LogP contribution in [-0.2, 0) is 19.4 Å². The molecule has 0 atom stereocenters. The number of primary amides is 1. The first-order valence-corrected chi connectivity index (χ1v) is 12.1. The van der Waals surface area contributed by atoms with Gasteiger partial charge < -0.3 is 15.6 Å². The van der Waals surface area contributed by atoms with Gasteiger partial charge in [0.25, 0.3) is 17.4 Å². The number of amides is 2. The van der Waals surface area contributed by atoms with Gasteiger partial charge in [-0.2, -0.15) is 0 Å². The van der Waals surface area contributed by atoms with Crippen molar-refractivity contribution in [2.24, 2.45) is 5.73 Å². The fraction of sp³-hybridized carbons (Fsp3) is 0.292. The Morgan fingerprint density at radius 3 is 2.82 bits per heavy atom. The Bertz CT molecular complexity index is 1600. The van der Waals surface area contributed by atoms with Crippen LogP contribution in [0.4, 0.5) is 5.00 Å². The molecule has 4 aromatic rings. The summed E-state index contributed by atoms with van der Waals surface area (Å²) in [6, 6.07) is 6.67. The molecule has 5 rings (SSSR count). The monoisotopic (exact) mass is 476 g/mol. The number of nitrogens with two attached hydrogens (primary N) is 1. The number of fused-ring (bicyclic) bond motifs is 3. The van der Waals surface area contributed by atoms with E-state index in [4.69, 9.17) is 11.1 Å². The number of rotatable bonds is 5. The quantitative estimate of drug-likeness (QED) is 0.382. The van der Waals surface area contributed by atoms with Crippen LogP contribution in [0, 0.1) is 5.41 Å². The molecule has 0 bridgehead atoms. The molecule has 174 valence electrons. The Hall–Kier alpha value is -3.79. The van der Waals surface area contributed by atoms with E-state index in [1.54, 1.807) is 29.0 Å². The van der Waals surface area contributed by atoms with E-state index < -0.39 is 11.8 Å². The van der Waals surface area contributed by atoms with Crippen molar-refractivity contribution < 1.29 is 9.59 Å². The van der Waals surface area contributed by atoms with Crippen molar-refractivity contribution in [2.45, 2.75) is 45.6 Å². The minimum atomic E-state index is -0.575. The smallest absolute Gasteiger partial charge is 0.267 e. The predicted molar refractivity (Wildman–Crippen MR) is 131 cm³/mol. The molecule has 9 nitrogen and oxygen atoms in total. The number of hydrogen-bond acceptors (Lipinski definition) is 6. The van der Waals surface area contributed by atoms with Gasteiger partial charge in [0.2, 0.25) is 0 Å². The molecule has 34 heavy (non-hydrogen) atoms. The predicted octanol–water partition coefficient (Wildman–Crippen LogP) is 2.83. The standard InChI is InChI=1S/C24H24N6O3S/c1-2-10-30-19(25)14(12-15-21(30)27-17-9-5-6-11-29(17)24(15)33)22(32)28-23-18(20(26)31)13-7-3-4-8-16(13)34-23/h5-6,9,11-12,25H,2-4,7-8,10H2,1H3,(H2,26,31)(H,28,32). The fourth-order valence-electron chi connectivity index (χ4n) is 4.59. The summed E-state index contributed by atoms with van der Waals surface area (Å²) in [6.07, 6.45) is 5.92. The van der Waals surface area contributed by atoms with Gasteiger partial charge in [0.05, 0.1) is 16.5 Å². The number of nitrogens with zero attached hydrogens (tertiary/aromatic N) is 3. The molecule has 0 unspecified atom stereocenters. The van der Waals surface area contributed by atoms with Crippen molar-refractivity contribution in [3.05, 3.63) is 67.9 Å². The molecule has 0 fully saturated rings. The van der Waals surface area contributed by atoms with Gasteiger partial charge >= 0.3 is 0 Å². The van der Waals surface area contributed by atoms with Crippen LogP contribution in [0.2, 0.25) is 0 Å². The highest BCUT2D eigenvalue weighted by Gasteiger charge is 2.26. The molecule has 10 heteroatoms. The first-order valence-electron chi connectivity index (χ1n) is 11.3. The van der Waals surface area contributed by atoms with Gasteiger partial charge in [-0.05, 0) is 55.9 Å². The Morgan fingerprint density at radius 1 is 1.26 bits per heavy atom. The molecule has 0 aromatic carbocycles. The molecular weight excluding hydrogens is 452 g/mol. The van der Waals surface area contributed by atoms with Crippen molar-refractivity contribution in [3.63, 3.8) is 0 Å². The first kappa shape index (κ1) is 22.0. The van der Waals surface area contributed by atoms with Crippen LogP contribution in [0.3, 0.4) is 0 Å². The summed E-state index contributed by atoms with van der Waals surface area (Å²) in [5.41, 5.74) is 7.45. The Kier molecular flexibility index (Phi) is 5.52. The second-order valence-corrected chi connectivity index (χ2v) is 9.48. The van der Waals surface area contributed by atoms with Crippen molar-refractivity contribution in [3.8, 4) is 0 Å². The van der Waals surface area contributed by atoms with Crippen molar-refractivity contribution in [1.82, 2.24) is 14.0 Å². The van der Waals surface area contributed by atoms with Gasteiger partial charge in [0.1, 0.15) is 21.8 Å². The van der Waals surface area contributed by atoms with Gasteiger partial charge in [-0.15, -0.1) is 11.3 Å². The molecule has 1 aliphatic rings. The lowest BCUT2D eigenvalue weighted by molar-refractivity contribution is 0.100. The molecule has 0 saturated carbocycles. The van der Waals surface area contributed by atoms with Crippen LogP contribution in [0.15, 0.2) is 35.3 Å². The van der Waals surface area contributed by atoms with Gasteiger partial charge in [-0.3, -0.25) is 24.2 Å². The lowest BCUT2D eigenvalue weighted by Crippen LogP contribution is -2.32. The third-order valence-corrected chi connectivity index (χ3v) is 7.36. The third kappa shape index (κ3) is 3.50. The van der Waals surface area contributed by atoms with Gasteiger partial charge in [0.15, 0.2) is 0 Å². The lowest BCUT2D eigenvalue weighted by Gasteiger charge is -2.14. The molecule has 4 heterocycles. The number of pyridine rings is 2. The van der Waals surface area contributed by atoms with Crippen LogP contribution in [0.5, 0.6) is 0 Å². The minimum absolute atomic E-state index is 0.0394. The van der Waals surface area contributed by atoms with Crippen molar-refractivity contribution in [1.29, 1.82) is 5.41 Å². The van der Waals surface area contributed by atoms with E-state index in [0.717, 1.165) is 36.1 Å². The SMILES string of the molecule is CCCn1c(=N)c(C(=O)Nc2sc3c(c2C(N)=O)CCCC3)cc2c(=O)n3ccccc3nc21. The average Bonchev–Trinajstić information content (AvgIpc) is 3.19. The number of carbonyl (C=O) groups excluding carboxylic acids is 2. The summed E-state index contributed by atoms with van der Waals surface area (Å²) in [5.74, 6) is -1.13. The van der Waals surface area contributed by atoms with Gasteiger partial charge in [-0.1, -0.05) is 13.0 Å². The number of thiophene rings is 1. The zero-order chi connectivity index (χ0) is 24.0. The number of aryl methyl sites for hydroxylation is 2. The molecule has 2 amide bonds. The highest BCUT2D eigenvalue weighted by Crippen LogP contribution is 2.38. The summed E-state index contributed by atoms with van der Waals surface area (Å²) in [6.45, 7) is 2.37. The maximum Gasteiger partial charge on any atom is 0.267 e. The van der Waals surface area contributed by atoms with Crippen molar-refractivity contribution in [2.75, 3.05) is 5.32 Å². The highest BCUT2D eigenvalue weighted by atomic mass is 32.1. The highest BCUT2D eigenvalue weighted by molar-refractivity contribution is 7.17. The van der Waals surface area contributed by atoms with Gasteiger partial charge in [0, 0.05) is 17.6 Å². The van der Waals surface area contributed by atoms with E-state index in [1.807, 2.05) is 6.92 Å². The van der Waals surface area contributed by atoms with E-state index in [-0.39, 0.29) is 22.0 Å². The Morgan fingerprint density at radius 2 is 2.06 bits per heavy atom. The zero-order valence-electron chi connectivity index (χ0n) is 18.7. The summed E-state index contributed by atoms with van der Waals surface area (Å²) < 4.78 is 3.01. The number of hydrogen-bond donors (Lipinski definition) is 3. The molecule has 0 aliphatic heterocycles. The second-order valence-electron chi connectivity index (χ2n) is 8.37. The normalized spacial score (nSPS) is 13.2. The largest absolute Gasteiger partial charge is 0.365 e. The number of aromatic nitrogens is 3. The van der Waals surface area contributed by atoms with Crippen LogP contribution >= 0.6 is 11.3 Å². The zero-order valence-corrected chi connectivity index (χ0v) is 19.5. The average molecular weight is 477 g/mol. The lowest BCUT2D eigenvalue weighted by atomic mass is 9.95. The summed E-state index contributed by atoms with van der Waals surface area (Å²) in [5, 5.41) is 12.2. The summed E-state index contributed by atoms with van der Waals surface area (Å²) in [4.78, 5) is 44.5. The third-order valence-electron chi connectivity index (χ3n) is 6.15. The van der Waals surface area contributed by atoms with Crippen molar-refractivity contribution >= 4 is 44.8 Å². The Balaban J connectivity index is 1.67. The van der Waals surface area contributed by atoms with E-state index in [1.165, 1.54) is 21.8 Å². The van der Waals surface area contributed by atoms with Crippen LogP contribution < -0.4 is 22.1 Å². The molecule has 4 N–H and O–H groups in total. The van der Waals surface area contributed by atoms with E-state index in [9.17, 15) is 14.4 Å². The Labute approximate surface area is 198 Å². The van der Waals surface area contributed by atoms with Gasteiger partial charge in [-0.25, -0.2) is 4.98 Å². The maximum absolute atomic E-state index is 13.4. The number of anilines is 1. The fourth-order valence-corrected chi connectivity index (χ4v) is 5.88. The topological polar surface area (TPSA) is 135 Å². The first-order chi connectivity index (χ1) is 16.4. The maximum atomic E-state index is 13.4. The molecule has 1 aliphatic carbocycles. The molecule has 0 radical (unpaired) electrons. The van der Waals surface area contributed by atoms with E-state index >= 15 is 0 Å². The summed E-state index contributed by atoms with van der Waals surface area (Å²) >= 11 is 1.36. The second kappa shape index (κ2) is 8.53. The molecule has 0 saturated heterocycles. The van der Waals surface area contributed by atoms with Crippen LogP contribution in [0.1, 0.15) is 57.3 Å². The molecule has 4 aromatic heterocycles. The minimum Gasteiger partial charge on any atom is -0.365 e. The number of nitrogens with one attached hydrogen (secondary N) is 2. The van der Waals surface area contributed by atoms with Crippen LogP contribution in [-0.4, -0.2) is 25.8 Å². The van der Waals surface area contributed by atoms with E-state index in [0.29, 0.717) is 34.8 Å². The molecular formula is C24H24N6O3S. The van der Waals surface area contributed by atoms with Crippen LogP contribution in [0.25, 0.3) is 16.7 Å². The summed E-state index contributed by atoms with van der Waals surface area (Å²) in [7, 11) is 0. The molecule has 0 spiro atoms.